The second-order valence-corrected chi connectivity index (χ2v) is 24.6. The van der Waals surface area contributed by atoms with Crippen molar-refractivity contribution in [3.63, 3.8) is 0 Å². The van der Waals surface area contributed by atoms with Crippen LogP contribution in [0.3, 0.4) is 0 Å². The van der Waals surface area contributed by atoms with E-state index in [0.29, 0.717) is 12.9 Å². The van der Waals surface area contributed by atoms with Crippen LogP contribution in [-0.4, -0.2) is 37.5 Å². The fraction of sp³-hybridized carbons (Fsp3) is 0.676. The van der Waals surface area contributed by atoms with E-state index in [-0.39, 0.29) is 40.4 Å². The van der Waals surface area contributed by atoms with Gasteiger partial charge in [-0.05, 0) is 98.9 Å². The first-order valence-corrected chi connectivity index (χ1v) is 31.8. The minimum atomic E-state index is -3.92. The van der Waals surface area contributed by atoms with E-state index in [1.54, 1.807) is 0 Å². The average molecular weight is 1070 g/mol. The van der Waals surface area contributed by atoms with Crippen molar-refractivity contribution in [2.45, 2.75) is 255 Å². The van der Waals surface area contributed by atoms with E-state index in [4.69, 9.17) is 22.8 Å². The normalized spacial score (nSPS) is 11.2. The summed E-state index contributed by atoms with van der Waals surface area (Å²) in [7, 11) is -3.92. The van der Waals surface area contributed by atoms with Crippen LogP contribution < -0.4 is 34.3 Å². The predicted molar refractivity (Wildman–Crippen MR) is 326 cm³/mol. The summed E-state index contributed by atoms with van der Waals surface area (Å²) in [6.45, 7) is 23.7. The number of hydrogen-bond acceptors (Lipinski definition) is 5. The molecule has 0 saturated carbocycles. The summed E-state index contributed by atoms with van der Waals surface area (Å²) in [5.41, 5.74) is 0.310. The van der Waals surface area contributed by atoms with Gasteiger partial charge in [0.1, 0.15) is 5.75 Å². The molecule has 4 aromatic carbocycles. The van der Waals surface area contributed by atoms with Gasteiger partial charge < -0.3 is 14.4 Å². The molecule has 0 unspecified atom stereocenters. The maximum Gasteiger partial charge on any atom is 1.00 e. The van der Waals surface area contributed by atoms with E-state index in [0.717, 1.165) is 30.6 Å². The Kier molecular flexibility index (Phi) is 48.5. The summed E-state index contributed by atoms with van der Waals surface area (Å²) >= 11 is 0. The van der Waals surface area contributed by atoms with Gasteiger partial charge in [0.2, 0.25) is 0 Å². The molecule has 0 aliphatic carbocycles. The third-order valence-electron chi connectivity index (χ3n) is 13.0. The molecule has 75 heavy (non-hydrogen) atoms. The van der Waals surface area contributed by atoms with Crippen LogP contribution in [0.2, 0.25) is 0 Å². The van der Waals surface area contributed by atoms with Crippen LogP contribution in [-0.2, 0) is 10.1 Å². The molecule has 0 bridgehead atoms. The molecule has 0 spiro atoms. The first-order chi connectivity index (χ1) is 35.3. The molecule has 0 aliphatic heterocycles. The van der Waals surface area contributed by atoms with Crippen molar-refractivity contribution < 1.29 is 52.4 Å². The molecular formula is C68H113NaO5S. The van der Waals surface area contributed by atoms with Crippen LogP contribution >= 0.6 is 0 Å². The van der Waals surface area contributed by atoms with Gasteiger partial charge in [-0.2, -0.15) is 0 Å². The maximum atomic E-state index is 9.08. The average Bonchev–Trinajstić information content (AvgIpc) is 3.34. The van der Waals surface area contributed by atoms with Crippen molar-refractivity contribution in [3.05, 3.63) is 91.0 Å². The number of benzene rings is 4. The Labute approximate surface area is 486 Å². The molecule has 0 fully saturated rings. The van der Waals surface area contributed by atoms with Crippen molar-refractivity contribution in [3.8, 4) is 17.6 Å². The Morgan fingerprint density at radius 2 is 0.733 bits per heavy atom. The molecule has 4 aromatic rings. The van der Waals surface area contributed by atoms with Crippen molar-refractivity contribution in [2.75, 3.05) is 19.5 Å². The van der Waals surface area contributed by atoms with Crippen LogP contribution in [0.25, 0.3) is 21.5 Å². The first-order valence-electron chi connectivity index (χ1n) is 29.9. The number of rotatable bonds is 33. The molecule has 1 N–H and O–H groups in total. The summed E-state index contributed by atoms with van der Waals surface area (Å²) in [5, 5.41) is 13.9. The molecule has 5 nitrogen and oxygen atoms in total. The van der Waals surface area contributed by atoms with Gasteiger partial charge >= 0.3 is 29.6 Å². The fourth-order valence-electron chi connectivity index (χ4n) is 9.52. The minimum absolute atomic E-state index is 0. The standard InChI is InChI=1S/C36H60O2.C16H30.C10H8.C5H12.CH4O3S.Na/c37-31-25-21-19-17-15-13-11-9-7-5-3-1-2-4-6-8-10-12-14-16-18-20-22-26-32-38-36-30-29-34-27-23-24-28-35(34)33-36;1-13(2)11-15(5,6)9-10-16(7,8)12-14(3)4;1-2-6-10-8-4-3-7-9(10)5-1;1-3-5-4-2;1-5(2,3)4;/h23-24,27-30,33,37H,1-22,25-26,31-32H2;13-14H,11-12H2,1-8H3;1-8H;3-5H2,1-2H3;1H3,(H,2,3,4);/q;;;;;+1/p-1. The third kappa shape index (κ3) is 50.9. The summed E-state index contributed by atoms with van der Waals surface area (Å²) in [6, 6.07) is 31.6. The minimum Gasteiger partial charge on any atom is -0.748 e. The molecule has 7 heteroatoms. The van der Waals surface area contributed by atoms with Gasteiger partial charge in [0.05, 0.1) is 16.7 Å². The number of unbranched alkanes of at least 4 members (excludes halogenated alkanes) is 25. The number of ether oxygens (including phenoxy) is 1. The summed E-state index contributed by atoms with van der Waals surface area (Å²) in [6.07, 6.45) is 40.2. The quantitative estimate of drug-likeness (QED) is 0.0222. The van der Waals surface area contributed by atoms with Gasteiger partial charge in [0.25, 0.3) is 0 Å². The molecule has 0 heterocycles. The number of aliphatic hydroxyl groups excluding tert-OH is 1. The van der Waals surface area contributed by atoms with Crippen molar-refractivity contribution in [2.24, 2.45) is 22.7 Å². The third-order valence-corrected chi connectivity index (χ3v) is 13.0. The Morgan fingerprint density at radius 1 is 0.467 bits per heavy atom. The summed E-state index contributed by atoms with van der Waals surface area (Å²) in [5.74, 6) is 9.41. The maximum absolute atomic E-state index is 9.08. The Morgan fingerprint density at radius 3 is 1.00 bits per heavy atom. The first kappa shape index (κ1) is 74.7. The molecule has 0 aliphatic rings. The predicted octanol–water partition coefficient (Wildman–Crippen LogP) is 17.9. The molecular weight excluding hydrogens is 952 g/mol. The summed E-state index contributed by atoms with van der Waals surface area (Å²) in [4.78, 5) is 0. The Balaban J connectivity index is 0. The van der Waals surface area contributed by atoms with Crippen molar-refractivity contribution in [1.82, 2.24) is 0 Å². The van der Waals surface area contributed by atoms with Crippen LogP contribution in [0.1, 0.15) is 255 Å². The Hall–Kier alpha value is -2.37. The summed E-state index contributed by atoms with van der Waals surface area (Å²) < 4.78 is 33.2. The van der Waals surface area contributed by atoms with Crippen molar-refractivity contribution >= 4 is 31.7 Å². The Bertz CT molecular complexity index is 1960. The van der Waals surface area contributed by atoms with E-state index in [1.807, 2.05) is 0 Å². The van der Waals surface area contributed by atoms with Crippen LogP contribution in [0.15, 0.2) is 91.0 Å². The van der Waals surface area contributed by atoms with E-state index >= 15 is 0 Å². The fourth-order valence-corrected chi connectivity index (χ4v) is 9.52. The largest absolute Gasteiger partial charge is 1.00 e. The van der Waals surface area contributed by atoms with E-state index < -0.39 is 10.1 Å². The van der Waals surface area contributed by atoms with Crippen LogP contribution in [0.4, 0.5) is 0 Å². The number of aliphatic hydroxyl groups is 1. The van der Waals surface area contributed by atoms with Crippen molar-refractivity contribution in [1.29, 1.82) is 0 Å². The van der Waals surface area contributed by atoms with E-state index in [2.05, 4.69) is 172 Å². The molecule has 0 aromatic heterocycles. The van der Waals surface area contributed by atoms with Gasteiger partial charge in [0, 0.05) is 23.7 Å². The topological polar surface area (TPSA) is 86.7 Å². The zero-order chi connectivity index (χ0) is 55.2. The number of fused-ring (bicyclic) bond motifs is 2. The van der Waals surface area contributed by atoms with E-state index in [1.165, 1.54) is 201 Å². The zero-order valence-corrected chi connectivity index (χ0v) is 53.5. The second kappa shape index (κ2) is 48.7. The second-order valence-electron chi connectivity index (χ2n) is 23.2. The van der Waals surface area contributed by atoms with Gasteiger partial charge in [-0.15, -0.1) is 0 Å². The van der Waals surface area contributed by atoms with Gasteiger partial charge in [-0.25, -0.2) is 8.42 Å². The van der Waals surface area contributed by atoms with E-state index in [9.17, 15) is 0 Å². The van der Waals surface area contributed by atoms with Crippen LogP contribution in [0.5, 0.6) is 5.75 Å². The smallest absolute Gasteiger partial charge is 0.748 e. The molecule has 422 valence electrons. The van der Waals surface area contributed by atoms with Gasteiger partial charge in [-0.3, -0.25) is 0 Å². The molecule has 0 atom stereocenters. The molecule has 0 amide bonds. The monoisotopic (exact) mass is 1060 g/mol. The van der Waals surface area contributed by atoms with Crippen LogP contribution in [0, 0.1) is 34.5 Å². The molecule has 0 saturated heterocycles. The molecule has 4 rings (SSSR count). The zero-order valence-electron chi connectivity index (χ0n) is 50.7. The van der Waals surface area contributed by atoms with Gasteiger partial charge in [-0.1, -0.05) is 293 Å². The SMILES string of the molecule is CC(C)CC(C)(C)C#CC(C)(C)CC(C)C.CCCCC.CS(=O)(=O)[O-].OCCCCCCCCCCCCCCCCCCCCCCCCCCOc1ccc2ccccc2c1.[Na+].c1ccc2ccccc2c1. The molecule has 0 radical (unpaired) electrons. The van der Waals surface area contributed by atoms with Gasteiger partial charge in [0.15, 0.2) is 0 Å². The number of hydrogen-bond donors (Lipinski definition) is 1.